The van der Waals surface area contributed by atoms with Gasteiger partial charge < -0.3 is 16.0 Å². The molecule has 0 atom stereocenters. The van der Waals surface area contributed by atoms with Crippen LogP contribution in [0.25, 0.3) is 0 Å². The lowest BCUT2D eigenvalue weighted by molar-refractivity contribution is -0.123. The van der Waals surface area contributed by atoms with E-state index in [-0.39, 0.29) is 5.91 Å². The van der Waals surface area contributed by atoms with Crippen molar-refractivity contribution in [3.63, 3.8) is 0 Å². The first-order chi connectivity index (χ1) is 13.5. The van der Waals surface area contributed by atoms with Gasteiger partial charge in [0.15, 0.2) is 0 Å². The monoisotopic (exact) mass is 399 g/mol. The molecular weight excluding hydrogens is 374 g/mol. The quantitative estimate of drug-likeness (QED) is 0.632. The topological polar surface area (TPSA) is 70.2 Å². The highest BCUT2D eigenvalue weighted by atomic mass is 35.5. The van der Waals surface area contributed by atoms with Crippen molar-refractivity contribution in [2.24, 2.45) is 0 Å². The Labute approximate surface area is 170 Å². The standard InChI is InChI=1S/C22H26ClN3O2/c1-2-16-8-6-10-18(14-16)24-20(27)22(12-4-3-5-13-22)26-21(28)25-19-11-7-9-17(23)15-19/h6-11,14-15H,2-5,12-13H2,1H3,(H,24,27)(H2,25,26,28). The van der Waals surface area contributed by atoms with Crippen LogP contribution in [-0.2, 0) is 11.2 Å². The van der Waals surface area contributed by atoms with Crippen molar-refractivity contribution in [3.05, 3.63) is 59.1 Å². The molecule has 2 aromatic carbocycles. The highest BCUT2D eigenvalue weighted by Gasteiger charge is 2.41. The Morgan fingerprint density at radius 1 is 0.964 bits per heavy atom. The number of hydrogen-bond acceptors (Lipinski definition) is 2. The maximum Gasteiger partial charge on any atom is 0.320 e. The summed E-state index contributed by atoms with van der Waals surface area (Å²) >= 11 is 5.98. The number of hydrogen-bond donors (Lipinski definition) is 3. The van der Waals surface area contributed by atoms with Gasteiger partial charge >= 0.3 is 6.03 Å². The summed E-state index contributed by atoms with van der Waals surface area (Å²) in [7, 11) is 0. The van der Waals surface area contributed by atoms with E-state index >= 15 is 0 Å². The summed E-state index contributed by atoms with van der Waals surface area (Å²) in [6.07, 6.45) is 5.01. The van der Waals surface area contributed by atoms with E-state index < -0.39 is 11.6 Å². The first-order valence-electron chi connectivity index (χ1n) is 9.76. The lowest BCUT2D eigenvalue weighted by Crippen LogP contribution is -2.58. The molecule has 0 aliphatic heterocycles. The minimum Gasteiger partial charge on any atom is -0.324 e. The van der Waals surface area contributed by atoms with Gasteiger partial charge in [0.05, 0.1) is 0 Å². The molecule has 148 valence electrons. The molecule has 6 heteroatoms. The molecule has 2 aromatic rings. The number of carbonyl (C=O) groups is 2. The number of nitrogens with one attached hydrogen (secondary N) is 3. The second-order valence-electron chi connectivity index (χ2n) is 7.24. The van der Waals surface area contributed by atoms with Crippen LogP contribution >= 0.6 is 11.6 Å². The second-order valence-corrected chi connectivity index (χ2v) is 7.68. The predicted molar refractivity (Wildman–Crippen MR) is 114 cm³/mol. The Kier molecular flexibility index (Phi) is 6.57. The minimum absolute atomic E-state index is 0.165. The molecule has 0 spiro atoms. The molecule has 0 radical (unpaired) electrons. The third-order valence-corrected chi connectivity index (χ3v) is 5.41. The summed E-state index contributed by atoms with van der Waals surface area (Å²) in [5.74, 6) is -0.165. The van der Waals surface area contributed by atoms with Crippen molar-refractivity contribution < 1.29 is 9.59 Å². The molecule has 0 heterocycles. The number of rotatable bonds is 5. The lowest BCUT2D eigenvalue weighted by atomic mass is 9.81. The number of benzene rings is 2. The van der Waals surface area contributed by atoms with E-state index in [1.54, 1.807) is 24.3 Å². The van der Waals surface area contributed by atoms with E-state index in [1.807, 2.05) is 24.3 Å². The zero-order chi connectivity index (χ0) is 20.0. The molecule has 3 N–H and O–H groups in total. The van der Waals surface area contributed by atoms with E-state index in [4.69, 9.17) is 11.6 Å². The van der Waals surface area contributed by atoms with Gasteiger partial charge in [0.2, 0.25) is 5.91 Å². The van der Waals surface area contributed by atoms with E-state index in [0.29, 0.717) is 23.6 Å². The summed E-state index contributed by atoms with van der Waals surface area (Å²) in [4.78, 5) is 25.8. The molecule has 1 saturated carbocycles. The lowest BCUT2D eigenvalue weighted by Gasteiger charge is -2.36. The van der Waals surface area contributed by atoms with Crippen LogP contribution in [0.1, 0.15) is 44.6 Å². The van der Waals surface area contributed by atoms with Crippen LogP contribution in [0.2, 0.25) is 5.02 Å². The molecule has 1 fully saturated rings. The fraction of sp³-hybridized carbons (Fsp3) is 0.364. The molecule has 5 nitrogen and oxygen atoms in total. The Bertz CT molecular complexity index is 847. The summed E-state index contributed by atoms with van der Waals surface area (Å²) in [6, 6.07) is 14.3. The smallest absolute Gasteiger partial charge is 0.320 e. The van der Waals surface area contributed by atoms with Gasteiger partial charge in [-0.2, -0.15) is 0 Å². The van der Waals surface area contributed by atoms with Gasteiger partial charge in [-0.25, -0.2) is 4.79 Å². The van der Waals surface area contributed by atoms with Crippen LogP contribution in [0.5, 0.6) is 0 Å². The van der Waals surface area contributed by atoms with Crippen LogP contribution in [-0.4, -0.2) is 17.5 Å². The average Bonchev–Trinajstić information content (AvgIpc) is 2.68. The van der Waals surface area contributed by atoms with Gasteiger partial charge in [0.1, 0.15) is 5.54 Å². The molecular formula is C22H26ClN3O2. The third-order valence-electron chi connectivity index (χ3n) is 5.17. The van der Waals surface area contributed by atoms with Crippen molar-refractivity contribution in [1.29, 1.82) is 0 Å². The summed E-state index contributed by atoms with van der Waals surface area (Å²) in [6.45, 7) is 2.07. The molecule has 28 heavy (non-hydrogen) atoms. The number of anilines is 2. The van der Waals surface area contributed by atoms with Gasteiger partial charge in [-0.05, 0) is 55.2 Å². The largest absolute Gasteiger partial charge is 0.324 e. The molecule has 3 amide bonds. The van der Waals surface area contributed by atoms with Crippen molar-refractivity contribution in [1.82, 2.24) is 5.32 Å². The van der Waals surface area contributed by atoms with E-state index in [2.05, 4.69) is 22.9 Å². The van der Waals surface area contributed by atoms with Crippen LogP contribution in [0, 0.1) is 0 Å². The fourth-order valence-electron chi connectivity index (χ4n) is 3.63. The Morgan fingerprint density at radius 2 is 1.64 bits per heavy atom. The SMILES string of the molecule is CCc1cccc(NC(=O)C2(NC(=O)Nc3cccc(Cl)c3)CCCCC2)c1. The van der Waals surface area contributed by atoms with Gasteiger partial charge in [-0.1, -0.05) is 56.0 Å². The number of carbonyl (C=O) groups excluding carboxylic acids is 2. The molecule has 0 bridgehead atoms. The van der Waals surface area contributed by atoms with E-state index in [0.717, 1.165) is 36.9 Å². The average molecular weight is 400 g/mol. The van der Waals surface area contributed by atoms with Crippen LogP contribution in [0.4, 0.5) is 16.2 Å². The van der Waals surface area contributed by atoms with Crippen molar-refractivity contribution in [3.8, 4) is 0 Å². The van der Waals surface area contributed by atoms with Crippen molar-refractivity contribution >= 4 is 34.9 Å². The molecule has 1 aliphatic carbocycles. The van der Waals surface area contributed by atoms with Crippen LogP contribution in [0.15, 0.2) is 48.5 Å². The summed E-state index contributed by atoms with van der Waals surface area (Å²) in [5.41, 5.74) is 1.59. The van der Waals surface area contributed by atoms with Gasteiger partial charge in [0, 0.05) is 16.4 Å². The van der Waals surface area contributed by atoms with E-state index in [9.17, 15) is 9.59 Å². The first kappa shape index (κ1) is 20.2. The first-order valence-corrected chi connectivity index (χ1v) is 10.1. The summed E-state index contributed by atoms with van der Waals surface area (Å²) in [5, 5.41) is 9.26. The van der Waals surface area contributed by atoms with Gasteiger partial charge in [-0.15, -0.1) is 0 Å². The normalized spacial score (nSPS) is 15.5. The highest BCUT2D eigenvalue weighted by Crippen LogP contribution is 2.30. The number of halogens is 1. The molecule has 3 rings (SSSR count). The minimum atomic E-state index is -0.914. The van der Waals surface area contributed by atoms with E-state index in [1.165, 1.54) is 0 Å². The highest BCUT2D eigenvalue weighted by molar-refractivity contribution is 6.30. The Balaban J connectivity index is 1.73. The Morgan fingerprint density at radius 3 is 2.32 bits per heavy atom. The van der Waals surface area contributed by atoms with Gasteiger partial charge in [-0.3, -0.25) is 4.79 Å². The Hall–Kier alpha value is -2.53. The van der Waals surface area contributed by atoms with Crippen molar-refractivity contribution in [2.45, 2.75) is 51.0 Å². The zero-order valence-corrected chi connectivity index (χ0v) is 16.8. The summed E-state index contributed by atoms with van der Waals surface area (Å²) < 4.78 is 0. The molecule has 0 aromatic heterocycles. The number of amides is 3. The van der Waals surface area contributed by atoms with Crippen molar-refractivity contribution in [2.75, 3.05) is 10.6 Å². The third kappa shape index (κ3) is 5.04. The van der Waals surface area contributed by atoms with Crippen LogP contribution in [0.3, 0.4) is 0 Å². The number of urea groups is 1. The number of aryl methyl sites for hydroxylation is 1. The molecule has 0 saturated heterocycles. The second kappa shape index (κ2) is 9.11. The maximum atomic E-state index is 13.2. The van der Waals surface area contributed by atoms with Crippen LogP contribution < -0.4 is 16.0 Å². The van der Waals surface area contributed by atoms with Gasteiger partial charge in [0.25, 0.3) is 0 Å². The molecule has 0 unspecified atom stereocenters. The molecule has 1 aliphatic rings. The maximum absolute atomic E-state index is 13.2. The fourth-order valence-corrected chi connectivity index (χ4v) is 3.82. The predicted octanol–water partition coefficient (Wildman–Crippen LogP) is 5.37. The zero-order valence-electron chi connectivity index (χ0n) is 16.1.